The Kier molecular flexibility index (Phi) is 5.48. The Labute approximate surface area is 124 Å². The molecule has 1 heterocycles. The fraction of sp³-hybridized carbons (Fsp3) is 0.571. The van der Waals surface area contributed by atoms with Gasteiger partial charge in [-0.15, -0.1) is 0 Å². The van der Waals surface area contributed by atoms with E-state index >= 15 is 0 Å². The topological polar surface area (TPSA) is 65.7 Å². The first-order chi connectivity index (χ1) is 9.71. The highest BCUT2D eigenvalue weighted by Crippen LogP contribution is 2.40. The van der Waals surface area contributed by atoms with E-state index in [-0.39, 0.29) is 6.04 Å². The summed E-state index contributed by atoms with van der Waals surface area (Å²) in [6, 6.07) is 3.82. The highest BCUT2D eigenvalue weighted by molar-refractivity contribution is 6.32. The van der Waals surface area contributed by atoms with E-state index in [0.29, 0.717) is 22.4 Å². The molecule has 6 heteroatoms. The predicted octanol–water partition coefficient (Wildman–Crippen LogP) is 2.29. The molecule has 0 saturated carbocycles. The second-order valence-electron chi connectivity index (χ2n) is 4.83. The second-order valence-corrected chi connectivity index (χ2v) is 5.24. The molecule has 0 aromatic heterocycles. The number of nitrogens with two attached hydrogens (primary N) is 1. The van der Waals surface area contributed by atoms with Crippen molar-refractivity contribution in [1.29, 1.82) is 0 Å². The molecule has 1 unspecified atom stereocenters. The molecular weight excluding hydrogens is 280 g/mol. The van der Waals surface area contributed by atoms with Crippen LogP contribution in [0.5, 0.6) is 11.5 Å². The first kappa shape index (κ1) is 15.4. The summed E-state index contributed by atoms with van der Waals surface area (Å²) >= 11 is 6.26. The molecule has 1 aliphatic heterocycles. The fourth-order valence-electron chi connectivity index (χ4n) is 2.67. The van der Waals surface area contributed by atoms with Crippen LogP contribution in [0.3, 0.4) is 0 Å². The number of halogens is 1. The van der Waals surface area contributed by atoms with Crippen molar-refractivity contribution in [2.24, 2.45) is 11.8 Å². The summed E-state index contributed by atoms with van der Waals surface area (Å²) in [6.07, 6.45) is 1.95. The summed E-state index contributed by atoms with van der Waals surface area (Å²) in [7, 11) is 3.16. The van der Waals surface area contributed by atoms with Crippen LogP contribution in [0.4, 0.5) is 0 Å². The summed E-state index contributed by atoms with van der Waals surface area (Å²) in [6.45, 7) is 1.54. The summed E-state index contributed by atoms with van der Waals surface area (Å²) in [5, 5.41) is 0.522. The van der Waals surface area contributed by atoms with E-state index in [4.69, 9.17) is 31.7 Å². The van der Waals surface area contributed by atoms with Crippen LogP contribution in [-0.4, -0.2) is 27.4 Å². The van der Waals surface area contributed by atoms with Gasteiger partial charge in [0.1, 0.15) is 0 Å². The molecule has 1 aromatic carbocycles. The van der Waals surface area contributed by atoms with Crippen molar-refractivity contribution in [1.82, 2.24) is 5.43 Å². The SMILES string of the molecule is COc1cc(C(NN)C2CCOCC2)cc(Cl)c1OC. The Morgan fingerprint density at radius 1 is 1.30 bits per heavy atom. The van der Waals surface area contributed by atoms with Crippen molar-refractivity contribution in [3.63, 3.8) is 0 Å². The van der Waals surface area contributed by atoms with Crippen molar-refractivity contribution in [2.45, 2.75) is 18.9 Å². The molecule has 112 valence electrons. The summed E-state index contributed by atoms with van der Waals surface area (Å²) in [5.74, 6) is 7.32. The minimum Gasteiger partial charge on any atom is -0.493 e. The zero-order valence-electron chi connectivity index (χ0n) is 11.8. The van der Waals surface area contributed by atoms with Crippen LogP contribution in [0, 0.1) is 5.92 Å². The Balaban J connectivity index is 2.31. The largest absolute Gasteiger partial charge is 0.493 e. The zero-order chi connectivity index (χ0) is 14.5. The molecule has 20 heavy (non-hydrogen) atoms. The van der Waals surface area contributed by atoms with Gasteiger partial charge in [0.25, 0.3) is 0 Å². The molecule has 0 amide bonds. The van der Waals surface area contributed by atoms with Gasteiger partial charge < -0.3 is 14.2 Å². The van der Waals surface area contributed by atoms with Gasteiger partial charge in [0.05, 0.1) is 19.2 Å². The quantitative estimate of drug-likeness (QED) is 0.645. The number of hydrogen-bond donors (Lipinski definition) is 2. The Morgan fingerprint density at radius 3 is 2.55 bits per heavy atom. The molecule has 0 aliphatic carbocycles. The highest BCUT2D eigenvalue weighted by Gasteiger charge is 2.26. The fourth-order valence-corrected chi connectivity index (χ4v) is 2.97. The van der Waals surface area contributed by atoms with Gasteiger partial charge in [0, 0.05) is 19.3 Å². The number of rotatable bonds is 5. The summed E-state index contributed by atoms with van der Waals surface area (Å²) in [5.41, 5.74) is 3.90. The van der Waals surface area contributed by atoms with Gasteiger partial charge in [-0.05, 0) is 36.5 Å². The van der Waals surface area contributed by atoms with Crippen LogP contribution in [0.15, 0.2) is 12.1 Å². The van der Waals surface area contributed by atoms with E-state index in [9.17, 15) is 0 Å². The minimum atomic E-state index is 0.0243. The lowest BCUT2D eigenvalue weighted by Gasteiger charge is -2.30. The number of nitrogens with one attached hydrogen (secondary N) is 1. The number of hydrogen-bond acceptors (Lipinski definition) is 5. The number of ether oxygens (including phenoxy) is 3. The summed E-state index contributed by atoms with van der Waals surface area (Å²) in [4.78, 5) is 0. The summed E-state index contributed by atoms with van der Waals surface area (Å²) < 4.78 is 16.0. The van der Waals surface area contributed by atoms with Crippen molar-refractivity contribution in [2.75, 3.05) is 27.4 Å². The van der Waals surface area contributed by atoms with Crippen LogP contribution in [0.2, 0.25) is 5.02 Å². The molecule has 1 saturated heterocycles. The Morgan fingerprint density at radius 2 is 2.00 bits per heavy atom. The van der Waals surface area contributed by atoms with Gasteiger partial charge in [-0.3, -0.25) is 11.3 Å². The van der Waals surface area contributed by atoms with Crippen molar-refractivity contribution >= 4 is 11.6 Å². The van der Waals surface area contributed by atoms with Crippen LogP contribution in [0.1, 0.15) is 24.4 Å². The van der Waals surface area contributed by atoms with Gasteiger partial charge in [-0.1, -0.05) is 11.6 Å². The zero-order valence-corrected chi connectivity index (χ0v) is 12.6. The maximum absolute atomic E-state index is 6.26. The van der Waals surface area contributed by atoms with Gasteiger partial charge in [0.15, 0.2) is 11.5 Å². The minimum absolute atomic E-state index is 0.0243. The van der Waals surface area contributed by atoms with Crippen LogP contribution in [0.25, 0.3) is 0 Å². The first-order valence-electron chi connectivity index (χ1n) is 6.66. The molecule has 3 N–H and O–H groups in total. The third kappa shape index (κ3) is 3.17. The number of hydrazine groups is 1. The smallest absolute Gasteiger partial charge is 0.179 e. The van der Waals surface area contributed by atoms with E-state index < -0.39 is 0 Å². The lowest BCUT2D eigenvalue weighted by molar-refractivity contribution is 0.0536. The lowest BCUT2D eigenvalue weighted by Crippen LogP contribution is -2.36. The predicted molar refractivity (Wildman–Crippen MR) is 78.2 cm³/mol. The average molecular weight is 301 g/mol. The second kappa shape index (κ2) is 7.13. The molecule has 2 rings (SSSR count). The van der Waals surface area contributed by atoms with Gasteiger partial charge in [0.2, 0.25) is 0 Å². The van der Waals surface area contributed by atoms with Crippen molar-refractivity contribution < 1.29 is 14.2 Å². The monoisotopic (exact) mass is 300 g/mol. The van der Waals surface area contributed by atoms with Crippen LogP contribution >= 0.6 is 11.6 Å². The van der Waals surface area contributed by atoms with E-state index in [1.807, 2.05) is 12.1 Å². The molecule has 1 aliphatic rings. The van der Waals surface area contributed by atoms with Gasteiger partial charge in [-0.25, -0.2) is 0 Å². The highest BCUT2D eigenvalue weighted by atomic mass is 35.5. The number of methoxy groups -OCH3 is 2. The third-order valence-corrected chi connectivity index (χ3v) is 4.01. The van der Waals surface area contributed by atoms with E-state index in [0.717, 1.165) is 31.6 Å². The molecule has 1 atom stereocenters. The molecule has 1 fully saturated rings. The maximum atomic E-state index is 6.26. The van der Waals surface area contributed by atoms with Crippen molar-refractivity contribution in [3.05, 3.63) is 22.7 Å². The molecule has 0 spiro atoms. The molecule has 5 nitrogen and oxygen atoms in total. The normalized spacial score (nSPS) is 17.8. The molecule has 0 radical (unpaired) electrons. The van der Waals surface area contributed by atoms with Crippen LogP contribution < -0.4 is 20.7 Å². The van der Waals surface area contributed by atoms with Gasteiger partial charge in [-0.2, -0.15) is 0 Å². The van der Waals surface area contributed by atoms with E-state index in [1.165, 1.54) is 0 Å². The van der Waals surface area contributed by atoms with Crippen molar-refractivity contribution in [3.8, 4) is 11.5 Å². The molecular formula is C14H21ClN2O3. The average Bonchev–Trinajstić information content (AvgIpc) is 2.48. The van der Waals surface area contributed by atoms with Gasteiger partial charge >= 0.3 is 0 Å². The number of benzene rings is 1. The van der Waals surface area contributed by atoms with Crippen LogP contribution in [-0.2, 0) is 4.74 Å². The maximum Gasteiger partial charge on any atom is 0.179 e. The standard InChI is InChI=1S/C14H21ClN2O3/c1-18-12-8-10(7-11(15)14(12)19-2)13(17-16)9-3-5-20-6-4-9/h7-9,13,17H,3-6,16H2,1-2H3. The lowest BCUT2D eigenvalue weighted by atomic mass is 9.87. The first-order valence-corrected chi connectivity index (χ1v) is 7.04. The van der Waals surface area contributed by atoms with E-state index in [1.54, 1.807) is 14.2 Å². The molecule has 1 aromatic rings. The molecule has 0 bridgehead atoms. The third-order valence-electron chi connectivity index (χ3n) is 3.73. The van der Waals surface area contributed by atoms with E-state index in [2.05, 4.69) is 5.43 Å². The Bertz CT molecular complexity index is 450. The Hall–Kier alpha value is -1.01.